The number of nitrogens with zero attached hydrogens (tertiary/aromatic N) is 7. The lowest BCUT2D eigenvalue weighted by molar-refractivity contribution is -0.384. The van der Waals surface area contributed by atoms with Gasteiger partial charge in [-0.2, -0.15) is 0 Å². The SMILES string of the molecule is O=C1C(Cl)C(c2cc(N=Nc3nc4ccccc4s3)ccc2O)N1c1cc(O)ccc1N=Nc1ccccc1[N+](=O)[O-]. The number of carbonyl (C=O) groups excluding carboxylic acids is 1. The van der Waals surface area contributed by atoms with Crippen LogP contribution in [0.2, 0.25) is 0 Å². The van der Waals surface area contributed by atoms with E-state index in [1.807, 2.05) is 24.3 Å². The normalized spacial score (nSPS) is 16.9. The van der Waals surface area contributed by atoms with E-state index in [-0.39, 0.29) is 34.2 Å². The van der Waals surface area contributed by atoms with Crippen molar-refractivity contribution in [2.45, 2.75) is 11.4 Å². The fraction of sp³-hybridized carbons (Fsp3) is 0.0714. The molecular weight excluding hydrogens is 582 g/mol. The summed E-state index contributed by atoms with van der Waals surface area (Å²) in [6, 6.07) is 21.2. The molecule has 1 aliphatic heterocycles. The van der Waals surface area contributed by atoms with Gasteiger partial charge in [-0.3, -0.25) is 19.8 Å². The Hall–Kier alpha value is -5.27. The standard InChI is InChI=1S/C28H18ClN7O5S/c29-25-26(17-13-15(9-12-23(17)38)31-34-28-30-20-6-2-4-8-24(20)42-28)35(27(25)39)22-14-16(37)10-11-19(22)33-32-18-5-1-3-7-21(18)36(40)41/h1-14,25-26,37-38H. The van der Waals surface area contributed by atoms with Crippen LogP contribution in [0.4, 0.5) is 33.6 Å². The molecule has 1 amide bonds. The number of para-hydroxylation sites is 2. The number of halogens is 1. The molecule has 42 heavy (non-hydrogen) atoms. The van der Waals surface area contributed by atoms with Gasteiger partial charge in [-0.05, 0) is 48.5 Å². The number of nitro groups is 1. The molecule has 0 saturated carbocycles. The third kappa shape index (κ3) is 5.02. The third-order valence-corrected chi connectivity index (χ3v) is 7.80. The van der Waals surface area contributed by atoms with Gasteiger partial charge in [0, 0.05) is 17.7 Å². The number of nitro benzene ring substituents is 1. The van der Waals surface area contributed by atoms with Gasteiger partial charge in [0.2, 0.25) is 11.0 Å². The van der Waals surface area contributed by atoms with Crippen molar-refractivity contribution in [3.05, 3.63) is 101 Å². The quantitative estimate of drug-likeness (QED) is 0.0629. The van der Waals surface area contributed by atoms with Crippen molar-refractivity contribution in [3.63, 3.8) is 0 Å². The van der Waals surface area contributed by atoms with Gasteiger partial charge in [0.05, 0.1) is 32.6 Å². The molecule has 2 unspecified atom stereocenters. The van der Waals surface area contributed by atoms with Crippen LogP contribution in [0.1, 0.15) is 11.6 Å². The van der Waals surface area contributed by atoms with Crippen molar-refractivity contribution in [2.24, 2.45) is 20.5 Å². The highest BCUT2D eigenvalue weighted by molar-refractivity contribution is 7.21. The van der Waals surface area contributed by atoms with Crippen molar-refractivity contribution in [2.75, 3.05) is 4.90 Å². The van der Waals surface area contributed by atoms with Gasteiger partial charge in [-0.25, -0.2) is 4.98 Å². The molecule has 2 atom stereocenters. The van der Waals surface area contributed by atoms with Gasteiger partial charge in [-0.1, -0.05) is 35.6 Å². The molecule has 14 heteroatoms. The van der Waals surface area contributed by atoms with Gasteiger partial charge >= 0.3 is 0 Å². The van der Waals surface area contributed by atoms with Gasteiger partial charge in [-0.15, -0.1) is 32.1 Å². The van der Waals surface area contributed by atoms with E-state index in [0.717, 1.165) is 10.2 Å². The fourth-order valence-electron chi connectivity index (χ4n) is 4.46. The molecule has 1 saturated heterocycles. The van der Waals surface area contributed by atoms with E-state index in [2.05, 4.69) is 25.4 Å². The van der Waals surface area contributed by atoms with Crippen LogP contribution in [0, 0.1) is 10.1 Å². The zero-order valence-corrected chi connectivity index (χ0v) is 22.8. The van der Waals surface area contributed by atoms with Gasteiger partial charge in [0.1, 0.15) is 22.6 Å². The van der Waals surface area contributed by atoms with Crippen LogP contribution in [0.15, 0.2) is 105 Å². The molecule has 12 nitrogen and oxygen atoms in total. The second-order valence-corrected chi connectivity index (χ2v) is 10.6. The van der Waals surface area contributed by atoms with Gasteiger partial charge in [0.25, 0.3) is 5.69 Å². The summed E-state index contributed by atoms with van der Waals surface area (Å²) in [6.45, 7) is 0. The van der Waals surface area contributed by atoms with E-state index in [9.17, 15) is 25.1 Å². The molecule has 1 aromatic heterocycles. The second-order valence-electron chi connectivity index (χ2n) is 9.08. The number of thiazole rings is 1. The lowest BCUT2D eigenvalue weighted by atomic mass is 9.91. The molecule has 4 aromatic carbocycles. The number of hydrogen-bond acceptors (Lipinski definition) is 11. The lowest BCUT2D eigenvalue weighted by Gasteiger charge is -2.44. The predicted octanol–water partition coefficient (Wildman–Crippen LogP) is 8.14. The van der Waals surface area contributed by atoms with Crippen LogP contribution in [0.25, 0.3) is 10.2 Å². The number of aromatic hydroxyl groups is 2. The first-order valence-electron chi connectivity index (χ1n) is 12.4. The van der Waals surface area contributed by atoms with Crippen LogP contribution in [-0.2, 0) is 4.79 Å². The smallest absolute Gasteiger partial charge is 0.296 e. The molecule has 0 spiro atoms. The highest BCUT2D eigenvalue weighted by Crippen LogP contribution is 2.49. The zero-order valence-electron chi connectivity index (χ0n) is 21.3. The molecule has 1 aliphatic rings. The van der Waals surface area contributed by atoms with E-state index in [0.29, 0.717) is 16.4 Å². The monoisotopic (exact) mass is 599 g/mol. The number of azo groups is 2. The maximum Gasteiger partial charge on any atom is 0.296 e. The molecule has 2 N–H and O–H groups in total. The highest BCUT2D eigenvalue weighted by atomic mass is 35.5. The Morgan fingerprint density at radius 1 is 0.905 bits per heavy atom. The number of phenolic OH excluding ortho intramolecular Hbond substituents is 2. The summed E-state index contributed by atoms with van der Waals surface area (Å²) >= 11 is 7.83. The van der Waals surface area contributed by atoms with E-state index in [1.165, 1.54) is 58.7 Å². The summed E-state index contributed by atoms with van der Waals surface area (Å²) in [5.41, 5.74) is 1.52. The predicted molar refractivity (Wildman–Crippen MR) is 157 cm³/mol. The van der Waals surface area contributed by atoms with Crippen LogP contribution >= 0.6 is 22.9 Å². The topological polar surface area (TPSA) is 166 Å². The number of β-lactam (4-membered cyclic amide) rings is 1. The number of aromatic nitrogens is 1. The Kier molecular flexibility index (Phi) is 7.02. The molecule has 208 valence electrons. The Morgan fingerprint density at radius 2 is 1.67 bits per heavy atom. The van der Waals surface area contributed by atoms with Crippen molar-refractivity contribution < 1.29 is 19.9 Å². The van der Waals surface area contributed by atoms with Gasteiger partial charge in [0.15, 0.2) is 5.69 Å². The number of hydrogen-bond donors (Lipinski definition) is 2. The summed E-state index contributed by atoms with van der Waals surface area (Å²) in [6.07, 6.45) is 0. The Bertz CT molecular complexity index is 1900. The molecular formula is C28H18ClN7O5S. The number of phenols is 2. The van der Waals surface area contributed by atoms with Gasteiger partial charge < -0.3 is 10.2 Å². The number of fused-ring (bicyclic) bond motifs is 1. The van der Waals surface area contributed by atoms with Crippen LogP contribution in [0.5, 0.6) is 11.5 Å². The number of rotatable bonds is 7. The first kappa shape index (κ1) is 26.9. The van der Waals surface area contributed by atoms with E-state index < -0.39 is 22.2 Å². The first-order valence-corrected chi connectivity index (χ1v) is 13.6. The van der Waals surface area contributed by atoms with Crippen molar-refractivity contribution in [1.82, 2.24) is 4.98 Å². The van der Waals surface area contributed by atoms with Crippen molar-refractivity contribution in [3.8, 4) is 11.5 Å². The maximum absolute atomic E-state index is 13.0. The Morgan fingerprint density at radius 3 is 2.48 bits per heavy atom. The number of anilines is 1. The molecule has 0 aliphatic carbocycles. The van der Waals surface area contributed by atoms with Crippen LogP contribution in [0.3, 0.4) is 0 Å². The summed E-state index contributed by atoms with van der Waals surface area (Å²) in [4.78, 5) is 29.5. The molecule has 6 rings (SSSR count). The highest BCUT2D eigenvalue weighted by Gasteiger charge is 2.50. The summed E-state index contributed by atoms with van der Waals surface area (Å²) < 4.78 is 0.965. The molecule has 2 heterocycles. The maximum atomic E-state index is 13.0. The minimum absolute atomic E-state index is 0.00654. The Labute approximate surface area is 246 Å². The van der Waals surface area contributed by atoms with E-state index in [1.54, 1.807) is 18.2 Å². The third-order valence-electron chi connectivity index (χ3n) is 6.45. The largest absolute Gasteiger partial charge is 0.508 e. The minimum Gasteiger partial charge on any atom is -0.508 e. The average Bonchev–Trinajstić information content (AvgIpc) is 3.42. The van der Waals surface area contributed by atoms with Crippen LogP contribution < -0.4 is 4.90 Å². The summed E-state index contributed by atoms with van der Waals surface area (Å²) in [5.74, 6) is -0.803. The molecule has 1 fully saturated rings. The van der Waals surface area contributed by atoms with Crippen LogP contribution in [-0.4, -0.2) is 31.4 Å². The van der Waals surface area contributed by atoms with E-state index >= 15 is 0 Å². The number of amides is 1. The van der Waals surface area contributed by atoms with Crippen molar-refractivity contribution in [1.29, 1.82) is 0 Å². The zero-order chi connectivity index (χ0) is 29.4. The summed E-state index contributed by atoms with van der Waals surface area (Å²) in [7, 11) is 0. The Balaban J connectivity index is 1.34. The summed E-state index contributed by atoms with van der Waals surface area (Å²) in [5, 5.41) is 48.4. The first-order chi connectivity index (χ1) is 20.3. The second kappa shape index (κ2) is 11.0. The molecule has 0 radical (unpaired) electrons. The minimum atomic E-state index is -1.05. The molecule has 5 aromatic rings. The van der Waals surface area contributed by atoms with Crippen molar-refractivity contribution >= 4 is 72.6 Å². The fourth-order valence-corrected chi connectivity index (χ4v) is 5.60. The number of carbonyl (C=O) groups is 1. The number of alkyl halides is 1. The number of benzene rings is 4. The van der Waals surface area contributed by atoms with E-state index in [4.69, 9.17) is 11.6 Å². The average molecular weight is 600 g/mol. The molecule has 0 bridgehead atoms. The lowest BCUT2D eigenvalue weighted by Crippen LogP contribution is -2.56.